The summed E-state index contributed by atoms with van der Waals surface area (Å²) in [6.07, 6.45) is 2.68. The van der Waals surface area contributed by atoms with Gasteiger partial charge in [0.2, 0.25) is 0 Å². The molecule has 2 amide bonds. The Labute approximate surface area is 177 Å². The molecule has 1 aromatic carbocycles. The molecule has 0 saturated carbocycles. The number of nitrogens with zero attached hydrogens (tertiary/aromatic N) is 1. The first-order valence-corrected chi connectivity index (χ1v) is 10.8. The van der Waals surface area contributed by atoms with Gasteiger partial charge in [0.05, 0.1) is 17.5 Å². The first-order chi connectivity index (χ1) is 13.1. The van der Waals surface area contributed by atoms with Crippen molar-refractivity contribution in [2.45, 2.75) is 58.4 Å². The first kappa shape index (κ1) is 24.4. The van der Waals surface area contributed by atoms with E-state index in [1.165, 1.54) is 4.90 Å². The molecular formula is C21H31ClN2O3S. The van der Waals surface area contributed by atoms with Crippen LogP contribution in [0.25, 0.3) is 0 Å². The number of allylic oxidation sites excluding steroid dienone is 1. The van der Waals surface area contributed by atoms with Gasteiger partial charge >= 0.3 is 12.0 Å². The van der Waals surface area contributed by atoms with Gasteiger partial charge in [-0.15, -0.1) is 11.8 Å². The molecule has 5 nitrogen and oxygen atoms in total. The molecule has 2 N–H and O–H groups in total. The van der Waals surface area contributed by atoms with E-state index >= 15 is 0 Å². The monoisotopic (exact) mass is 426 g/mol. The molecule has 1 atom stereocenters. The molecular weight excluding hydrogens is 396 g/mol. The molecule has 0 saturated heterocycles. The molecule has 156 valence electrons. The number of carboxylic acids is 1. The summed E-state index contributed by atoms with van der Waals surface area (Å²) in [4.78, 5) is 25.9. The van der Waals surface area contributed by atoms with Gasteiger partial charge < -0.3 is 15.3 Å². The van der Waals surface area contributed by atoms with Crippen molar-refractivity contribution in [3.05, 3.63) is 40.6 Å². The van der Waals surface area contributed by atoms with Gasteiger partial charge in [-0.05, 0) is 56.6 Å². The van der Waals surface area contributed by atoms with Gasteiger partial charge in [-0.2, -0.15) is 0 Å². The van der Waals surface area contributed by atoms with Crippen LogP contribution in [0.4, 0.5) is 4.79 Å². The van der Waals surface area contributed by atoms with Crippen molar-refractivity contribution in [3.63, 3.8) is 0 Å². The lowest BCUT2D eigenvalue weighted by atomic mass is 10.1. The molecule has 0 aliphatic rings. The van der Waals surface area contributed by atoms with Crippen molar-refractivity contribution in [2.75, 3.05) is 12.3 Å². The Kier molecular flexibility index (Phi) is 10.5. The number of benzene rings is 1. The van der Waals surface area contributed by atoms with E-state index in [1.807, 2.05) is 39.0 Å². The van der Waals surface area contributed by atoms with Crippen molar-refractivity contribution in [1.82, 2.24) is 10.2 Å². The first-order valence-electron chi connectivity index (χ1n) is 9.46. The summed E-state index contributed by atoms with van der Waals surface area (Å²) in [5.41, 5.74) is 1.82. The number of nitrogens with one attached hydrogen (secondary N) is 1. The van der Waals surface area contributed by atoms with E-state index in [0.29, 0.717) is 10.9 Å². The maximum absolute atomic E-state index is 12.6. The van der Waals surface area contributed by atoms with Crippen LogP contribution in [0.5, 0.6) is 0 Å². The summed E-state index contributed by atoms with van der Waals surface area (Å²) in [5.74, 6) is 0.737. The van der Waals surface area contributed by atoms with E-state index in [1.54, 1.807) is 18.0 Å². The third-order valence-corrected chi connectivity index (χ3v) is 5.52. The van der Waals surface area contributed by atoms with Crippen LogP contribution in [0.3, 0.4) is 0 Å². The van der Waals surface area contributed by atoms with Gasteiger partial charge in [-0.25, -0.2) is 4.79 Å². The van der Waals surface area contributed by atoms with Gasteiger partial charge in [-0.1, -0.05) is 37.1 Å². The SMILES string of the molecule is CC(C)=CN(CCC(=O)O)C(=O)N[C@@H](C)c1ccc(SCCC(C)C)c(Cl)c1. The van der Waals surface area contributed by atoms with Crippen molar-refractivity contribution in [2.24, 2.45) is 5.92 Å². The molecule has 7 heteroatoms. The number of thioether (sulfide) groups is 1. The number of urea groups is 1. The van der Waals surface area contributed by atoms with E-state index in [4.69, 9.17) is 16.7 Å². The molecule has 0 radical (unpaired) electrons. The normalized spacial score (nSPS) is 11.8. The second-order valence-corrected chi connectivity index (χ2v) is 8.98. The average Bonchev–Trinajstić information content (AvgIpc) is 2.59. The zero-order valence-electron chi connectivity index (χ0n) is 17.3. The summed E-state index contributed by atoms with van der Waals surface area (Å²) in [6, 6.07) is 5.26. The van der Waals surface area contributed by atoms with Crippen LogP contribution in [0.2, 0.25) is 5.02 Å². The number of rotatable bonds is 10. The Bertz CT molecular complexity index is 703. The molecule has 0 unspecified atom stereocenters. The fourth-order valence-corrected chi connectivity index (χ4v) is 3.93. The number of carboxylic acid groups (broad SMARTS) is 1. The molecule has 0 aliphatic heterocycles. The lowest BCUT2D eigenvalue weighted by Crippen LogP contribution is -2.39. The smallest absolute Gasteiger partial charge is 0.321 e. The molecule has 28 heavy (non-hydrogen) atoms. The predicted molar refractivity (Wildman–Crippen MR) is 117 cm³/mol. The van der Waals surface area contributed by atoms with E-state index in [2.05, 4.69) is 19.2 Å². The fourth-order valence-electron chi connectivity index (χ4n) is 2.41. The molecule has 0 heterocycles. The van der Waals surface area contributed by atoms with Crippen molar-refractivity contribution in [1.29, 1.82) is 0 Å². The summed E-state index contributed by atoms with van der Waals surface area (Å²) < 4.78 is 0. The highest BCUT2D eigenvalue weighted by Crippen LogP contribution is 2.30. The molecule has 0 aromatic heterocycles. The Hall–Kier alpha value is -1.66. The van der Waals surface area contributed by atoms with Crippen LogP contribution in [0, 0.1) is 5.92 Å². The number of hydrogen-bond donors (Lipinski definition) is 2. The van der Waals surface area contributed by atoms with Crippen LogP contribution in [0.1, 0.15) is 59.1 Å². The zero-order chi connectivity index (χ0) is 21.3. The third kappa shape index (κ3) is 9.02. The summed E-state index contributed by atoms with van der Waals surface area (Å²) >= 11 is 8.16. The minimum Gasteiger partial charge on any atom is -0.481 e. The molecule has 0 bridgehead atoms. The number of aliphatic carboxylic acids is 1. The largest absolute Gasteiger partial charge is 0.481 e. The van der Waals surface area contributed by atoms with Crippen LogP contribution in [-0.4, -0.2) is 34.3 Å². The maximum Gasteiger partial charge on any atom is 0.321 e. The Morgan fingerprint density at radius 2 is 1.96 bits per heavy atom. The second kappa shape index (κ2) is 12.0. The zero-order valence-corrected chi connectivity index (χ0v) is 18.9. The lowest BCUT2D eigenvalue weighted by molar-refractivity contribution is -0.137. The minimum absolute atomic E-state index is 0.111. The highest BCUT2D eigenvalue weighted by Gasteiger charge is 2.17. The Morgan fingerprint density at radius 1 is 1.29 bits per heavy atom. The second-order valence-electron chi connectivity index (χ2n) is 7.44. The van der Waals surface area contributed by atoms with Crippen LogP contribution < -0.4 is 5.32 Å². The van der Waals surface area contributed by atoms with Crippen molar-refractivity contribution < 1.29 is 14.7 Å². The fraction of sp³-hybridized carbons (Fsp3) is 0.524. The lowest BCUT2D eigenvalue weighted by Gasteiger charge is -2.23. The third-order valence-electron chi connectivity index (χ3n) is 3.99. The van der Waals surface area contributed by atoms with Crippen LogP contribution >= 0.6 is 23.4 Å². The predicted octanol–water partition coefficient (Wildman–Crippen LogP) is 5.95. The summed E-state index contributed by atoms with van der Waals surface area (Å²) in [6.45, 7) is 10.1. The number of carbonyl (C=O) groups excluding carboxylic acids is 1. The molecule has 0 spiro atoms. The van der Waals surface area contributed by atoms with Gasteiger partial charge in [0.1, 0.15) is 0 Å². The van der Waals surface area contributed by atoms with Crippen molar-refractivity contribution >= 4 is 35.4 Å². The maximum atomic E-state index is 12.6. The van der Waals surface area contributed by atoms with Crippen LogP contribution in [0.15, 0.2) is 34.9 Å². The van der Waals surface area contributed by atoms with Gasteiger partial charge in [-0.3, -0.25) is 4.79 Å². The van der Waals surface area contributed by atoms with Gasteiger partial charge in [0.25, 0.3) is 0 Å². The highest BCUT2D eigenvalue weighted by molar-refractivity contribution is 7.99. The Balaban J connectivity index is 2.77. The van der Waals surface area contributed by atoms with Crippen LogP contribution in [-0.2, 0) is 4.79 Å². The standard InChI is InChI=1S/C21H31ClN2O3S/c1-14(2)9-11-28-19-7-6-17(12-18(19)22)16(5)23-21(27)24(13-15(3)4)10-8-20(25)26/h6-7,12-14,16H,8-11H2,1-5H3,(H,23,27)(H,25,26)/t16-/m0/s1. The van der Waals surface area contributed by atoms with E-state index in [9.17, 15) is 9.59 Å². The topological polar surface area (TPSA) is 69.6 Å². The number of hydrogen-bond acceptors (Lipinski definition) is 3. The minimum atomic E-state index is -0.939. The summed E-state index contributed by atoms with van der Waals surface area (Å²) in [5, 5.41) is 12.5. The number of amides is 2. The van der Waals surface area contributed by atoms with Gasteiger partial charge in [0.15, 0.2) is 0 Å². The molecule has 1 rings (SSSR count). The van der Waals surface area contributed by atoms with E-state index in [-0.39, 0.29) is 25.0 Å². The van der Waals surface area contributed by atoms with E-state index in [0.717, 1.165) is 28.2 Å². The summed E-state index contributed by atoms with van der Waals surface area (Å²) in [7, 11) is 0. The number of carbonyl (C=O) groups is 2. The Morgan fingerprint density at radius 3 is 2.50 bits per heavy atom. The van der Waals surface area contributed by atoms with Crippen molar-refractivity contribution in [3.8, 4) is 0 Å². The molecule has 1 aromatic rings. The number of halogens is 1. The van der Waals surface area contributed by atoms with E-state index < -0.39 is 5.97 Å². The molecule has 0 aliphatic carbocycles. The quantitative estimate of drug-likeness (QED) is 0.453. The highest BCUT2D eigenvalue weighted by atomic mass is 35.5. The van der Waals surface area contributed by atoms with Gasteiger partial charge in [0, 0.05) is 17.6 Å². The average molecular weight is 427 g/mol. The molecule has 0 fully saturated rings.